The fraction of sp³-hybridized carbons (Fsp3) is 0.192. The van der Waals surface area contributed by atoms with Gasteiger partial charge in [-0.15, -0.1) is 0 Å². The summed E-state index contributed by atoms with van der Waals surface area (Å²) in [7, 11) is 0. The van der Waals surface area contributed by atoms with Crippen molar-refractivity contribution in [3.05, 3.63) is 102 Å². The minimum absolute atomic E-state index is 0.291. The molecule has 32 heavy (non-hydrogen) atoms. The second-order valence-electron chi connectivity index (χ2n) is 7.86. The number of hydrogen-bond acceptors (Lipinski definition) is 3. The number of rotatable bonds is 7. The van der Waals surface area contributed by atoms with Gasteiger partial charge in [0, 0.05) is 12.1 Å². The molecule has 0 aromatic heterocycles. The molecule has 3 aromatic carbocycles. The summed E-state index contributed by atoms with van der Waals surface area (Å²) in [6.45, 7) is 1.68. The molecule has 1 unspecified atom stereocenters. The highest BCUT2D eigenvalue weighted by Gasteiger charge is 2.52. The molecular weight excluding hydrogens is 402 g/mol. The van der Waals surface area contributed by atoms with Crippen LogP contribution < -0.4 is 10.6 Å². The standard InChI is InChI=1S/C26H25N3O3/c1-2-19-12-9-15-22(16-19)27-23(30)18-29-24(31)26(28-25(29)32,21-13-7-4-8-14-21)17-20-10-5-3-6-11-20/h3-16H,2,17-18H2,1H3,(H,27,30)(H,28,32). The predicted molar refractivity (Wildman–Crippen MR) is 123 cm³/mol. The highest BCUT2D eigenvalue weighted by molar-refractivity contribution is 6.10. The second kappa shape index (κ2) is 9.06. The van der Waals surface area contributed by atoms with E-state index in [9.17, 15) is 14.4 Å². The van der Waals surface area contributed by atoms with Crippen LogP contribution in [0.4, 0.5) is 10.5 Å². The molecule has 0 aliphatic carbocycles. The summed E-state index contributed by atoms with van der Waals surface area (Å²) < 4.78 is 0. The molecule has 1 aliphatic heterocycles. The topological polar surface area (TPSA) is 78.5 Å². The van der Waals surface area contributed by atoms with Gasteiger partial charge < -0.3 is 10.6 Å². The number of urea groups is 1. The minimum atomic E-state index is -1.26. The third-order valence-electron chi connectivity index (χ3n) is 5.68. The van der Waals surface area contributed by atoms with E-state index < -0.39 is 23.4 Å². The summed E-state index contributed by atoms with van der Waals surface area (Å²) in [5.74, 6) is -0.861. The van der Waals surface area contributed by atoms with E-state index in [0.717, 1.165) is 22.4 Å². The summed E-state index contributed by atoms with van der Waals surface area (Å²) in [5.41, 5.74) is 2.06. The number of benzene rings is 3. The van der Waals surface area contributed by atoms with Crippen molar-refractivity contribution in [1.82, 2.24) is 10.2 Å². The molecule has 1 saturated heterocycles. The van der Waals surface area contributed by atoms with Crippen LogP contribution in [-0.4, -0.2) is 29.3 Å². The zero-order chi connectivity index (χ0) is 22.6. The van der Waals surface area contributed by atoms with Crippen LogP contribution in [-0.2, 0) is 28.0 Å². The fourth-order valence-corrected chi connectivity index (χ4v) is 4.03. The number of imide groups is 1. The van der Waals surface area contributed by atoms with E-state index in [-0.39, 0.29) is 6.54 Å². The van der Waals surface area contributed by atoms with Gasteiger partial charge in [0.2, 0.25) is 5.91 Å². The molecule has 0 radical (unpaired) electrons. The van der Waals surface area contributed by atoms with Crippen LogP contribution in [0.5, 0.6) is 0 Å². The van der Waals surface area contributed by atoms with Crippen LogP contribution in [0.3, 0.4) is 0 Å². The lowest BCUT2D eigenvalue weighted by molar-refractivity contribution is -0.134. The van der Waals surface area contributed by atoms with Gasteiger partial charge in [-0.2, -0.15) is 0 Å². The second-order valence-corrected chi connectivity index (χ2v) is 7.86. The molecule has 0 saturated carbocycles. The van der Waals surface area contributed by atoms with Crippen molar-refractivity contribution in [1.29, 1.82) is 0 Å². The number of anilines is 1. The summed E-state index contributed by atoms with van der Waals surface area (Å²) >= 11 is 0. The maximum atomic E-state index is 13.6. The molecule has 1 aliphatic rings. The SMILES string of the molecule is CCc1cccc(NC(=O)CN2C(=O)NC(Cc3ccccc3)(c3ccccc3)C2=O)c1. The molecule has 3 aromatic rings. The van der Waals surface area contributed by atoms with Crippen molar-refractivity contribution >= 4 is 23.5 Å². The molecule has 1 fully saturated rings. The smallest absolute Gasteiger partial charge is 0.325 e. The Labute approximate surface area is 187 Å². The van der Waals surface area contributed by atoms with Crippen LogP contribution in [0.1, 0.15) is 23.6 Å². The lowest BCUT2D eigenvalue weighted by Gasteiger charge is -2.27. The Kier molecular flexibility index (Phi) is 6.03. The third kappa shape index (κ3) is 4.25. The maximum absolute atomic E-state index is 13.6. The molecule has 6 nitrogen and oxygen atoms in total. The Morgan fingerprint density at radius 2 is 1.56 bits per heavy atom. The molecule has 1 heterocycles. The largest absolute Gasteiger partial charge is 0.325 e. The molecule has 0 bridgehead atoms. The van der Waals surface area contributed by atoms with Gasteiger partial charge in [-0.1, -0.05) is 79.7 Å². The maximum Gasteiger partial charge on any atom is 0.325 e. The number of amides is 4. The van der Waals surface area contributed by atoms with Crippen LogP contribution in [0, 0.1) is 0 Å². The molecule has 4 amide bonds. The van der Waals surface area contributed by atoms with Crippen LogP contribution in [0.2, 0.25) is 0 Å². The van der Waals surface area contributed by atoms with E-state index in [1.54, 1.807) is 6.07 Å². The zero-order valence-corrected chi connectivity index (χ0v) is 17.9. The summed E-state index contributed by atoms with van der Waals surface area (Å²) in [5, 5.41) is 5.67. The molecule has 1 atom stereocenters. The third-order valence-corrected chi connectivity index (χ3v) is 5.68. The zero-order valence-electron chi connectivity index (χ0n) is 17.9. The molecule has 6 heteroatoms. The average Bonchev–Trinajstić information content (AvgIpc) is 3.05. The van der Waals surface area contributed by atoms with Crippen molar-refractivity contribution in [3.63, 3.8) is 0 Å². The van der Waals surface area contributed by atoms with Gasteiger partial charge >= 0.3 is 6.03 Å². The summed E-state index contributed by atoms with van der Waals surface area (Å²) in [6, 6.07) is 25.6. The fourth-order valence-electron chi connectivity index (χ4n) is 4.03. The van der Waals surface area contributed by atoms with Crippen LogP contribution in [0.25, 0.3) is 0 Å². The Morgan fingerprint density at radius 1 is 0.906 bits per heavy atom. The highest BCUT2D eigenvalue weighted by Crippen LogP contribution is 2.33. The lowest BCUT2D eigenvalue weighted by Crippen LogP contribution is -2.46. The van der Waals surface area contributed by atoms with Gasteiger partial charge in [0.15, 0.2) is 5.54 Å². The first-order valence-corrected chi connectivity index (χ1v) is 10.6. The summed E-state index contributed by atoms with van der Waals surface area (Å²) in [6.07, 6.45) is 1.13. The first kappa shape index (κ1) is 21.3. The van der Waals surface area contributed by atoms with Gasteiger partial charge in [-0.3, -0.25) is 14.5 Å². The summed E-state index contributed by atoms with van der Waals surface area (Å²) in [4.78, 5) is 40.1. The lowest BCUT2D eigenvalue weighted by atomic mass is 9.83. The predicted octanol–water partition coefficient (Wildman–Crippen LogP) is 3.88. The molecule has 0 spiro atoms. The van der Waals surface area contributed by atoms with Crippen molar-refractivity contribution in [2.45, 2.75) is 25.3 Å². The minimum Gasteiger partial charge on any atom is -0.325 e. The van der Waals surface area contributed by atoms with Gasteiger partial charge in [0.1, 0.15) is 6.54 Å². The van der Waals surface area contributed by atoms with Crippen molar-refractivity contribution in [2.24, 2.45) is 0 Å². The van der Waals surface area contributed by atoms with E-state index in [4.69, 9.17) is 0 Å². The van der Waals surface area contributed by atoms with Crippen molar-refractivity contribution in [3.8, 4) is 0 Å². The van der Waals surface area contributed by atoms with E-state index >= 15 is 0 Å². The van der Waals surface area contributed by atoms with Crippen molar-refractivity contribution < 1.29 is 14.4 Å². The monoisotopic (exact) mass is 427 g/mol. The van der Waals surface area contributed by atoms with E-state index in [1.807, 2.05) is 85.8 Å². The first-order valence-electron chi connectivity index (χ1n) is 10.6. The molecule has 2 N–H and O–H groups in total. The van der Waals surface area contributed by atoms with E-state index in [0.29, 0.717) is 17.7 Å². The number of aryl methyl sites for hydroxylation is 1. The Hall–Kier alpha value is -3.93. The quantitative estimate of drug-likeness (QED) is 0.562. The average molecular weight is 428 g/mol. The van der Waals surface area contributed by atoms with Crippen molar-refractivity contribution in [2.75, 3.05) is 11.9 Å². The number of nitrogens with zero attached hydrogens (tertiary/aromatic N) is 1. The molecular formula is C26H25N3O3. The van der Waals surface area contributed by atoms with Gasteiger partial charge in [-0.25, -0.2) is 4.79 Å². The van der Waals surface area contributed by atoms with E-state index in [2.05, 4.69) is 10.6 Å². The first-order chi connectivity index (χ1) is 15.5. The Balaban J connectivity index is 1.58. The number of nitrogens with one attached hydrogen (secondary N) is 2. The number of carbonyl (C=O) groups is 3. The molecule has 4 rings (SSSR count). The number of carbonyl (C=O) groups excluding carboxylic acids is 3. The number of hydrogen-bond donors (Lipinski definition) is 2. The highest BCUT2D eigenvalue weighted by atomic mass is 16.2. The normalized spacial score (nSPS) is 17.8. The van der Waals surface area contributed by atoms with Gasteiger partial charge in [-0.05, 0) is 35.2 Å². The van der Waals surface area contributed by atoms with E-state index in [1.165, 1.54) is 0 Å². The Bertz CT molecular complexity index is 1130. The Morgan fingerprint density at radius 3 is 2.25 bits per heavy atom. The van der Waals surface area contributed by atoms with Gasteiger partial charge in [0.25, 0.3) is 5.91 Å². The molecule has 162 valence electrons. The van der Waals surface area contributed by atoms with Gasteiger partial charge in [0.05, 0.1) is 0 Å². The van der Waals surface area contributed by atoms with Crippen LogP contribution in [0.15, 0.2) is 84.9 Å². The van der Waals surface area contributed by atoms with Crippen LogP contribution >= 0.6 is 0 Å².